The van der Waals surface area contributed by atoms with Gasteiger partial charge in [-0.2, -0.15) is 5.10 Å². The topological polar surface area (TPSA) is 165 Å². The Hall–Kier alpha value is -4.91. The minimum atomic E-state index is -0.813. The Morgan fingerprint density at radius 1 is 0.974 bits per heavy atom. The van der Waals surface area contributed by atoms with E-state index in [2.05, 4.69) is 10.5 Å². The van der Waals surface area contributed by atoms with Gasteiger partial charge in [0.2, 0.25) is 5.75 Å². The predicted octanol–water partition coefficient (Wildman–Crippen LogP) is 5.13. The molecule has 0 bridgehead atoms. The van der Waals surface area contributed by atoms with Crippen LogP contribution in [0, 0.1) is 20.2 Å². The summed E-state index contributed by atoms with van der Waals surface area (Å²) < 4.78 is 21.6. The molecule has 0 spiro atoms. The number of hydrazone groups is 1. The first-order valence-electron chi connectivity index (χ1n) is 10.8. The van der Waals surface area contributed by atoms with Crippen LogP contribution in [0.5, 0.6) is 28.7 Å². The lowest BCUT2D eigenvalue weighted by Gasteiger charge is -2.13. The monoisotopic (exact) mass is 544 g/mol. The zero-order valence-electron chi connectivity index (χ0n) is 20.3. The quantitative estimate of drug-likeness (QED) is 0.195. The van der Waals surface area contributed by atoms with Gasteiger partial charge in [-0.05, 0) is 48.9 Å². The van der Waals surface area contributed by atoms with Gasteiger partial charge < -0.3 is 18.9 Å². The van der Waals surface area contributed by atoms with Crippen LogP contribution < -0.4 is 24.4 Å². The van der Waals surface area contributed by atoms with E-state index in [0.29, 0.717) is 23.7 Å². The summed E-state index contributed by atoms with van der Waals surface area (Å²) in [6, 6.07) is 10.5. The van der Waals surface area contributed by atoms with Gasteiger partial charge in [0.15, 0.2) is 23.0 Å². The van der Waals surface area contributed by atoms with Crippen LogP contribution in [0.2, 0.25) is 5.02 Å². The number of nitro benzene ring substituents is 2. The first-order chi connectivity index (χ1) is 18.2. The molecule has 0 saturated heterocycles. The number of ether oxygens (including phenoxy) is 4. The first kappa shape index (κ1) is 27.7. The molecule has 0 aliphatic heterocycles. The molecule has 198 valence electrons. The summed E-state index contributed by atoms with van der Waals surface area (Å²) in [5, 5.41) is 26.3. The van der Waals surface area contributed by atoms with Crippen molar-refractivity contribution in [3.63, 3.8) is 0 Å². The predicted molar refractivity (Wildman–Crippen MR) is 137 cm³/mol. The molecule has 0 aliphatic carbocycles. The summed E-state index contributed by atoms with van der Waals surface area (Å²) >= 11 is 6.33. The number of nitrogens with zero attached hydrogens (tertiary/aromatic N) is 3. The molecule has 0 saturated carbocycles. The van der Waals surface area contributed by atoms with Gasteiger partial charge in [0, 0.05) is 11.6 Å². The summed E-state index contributed by atoms with van der Waals surface area (Å²) in [4.78, 5) is 33.3. The molecule has 3 rings (SSSR count). The lowest BCUT2D eigenvalue weighted by atomic mass is 10.2. The summed E-state index contributed by atoms with van der Waals surface area (Å²) in [5.74, 6) is 0.135. The van der Waals surface area contributed by atoms with Crippen molar-refractivity contribution in [3.05, 3.63) is 84.9 Å². The molecular formula is C24H21ClN4O9. The van der Waals surface area contributed by atoms with Crippen LogP contribution in [0.1, 0.15) is 22.8 Å². The van der Waals surface area contributed by atoms with E-state index in [4.69, 9.17) is 30.5 Å². The SMILES string of the molecule is CCOc1ccc(C(=O)N/N=C/c2cc(Cl)c(Oc3ccc([N+](=O)[O-])cc3[N+](=O)[O-])c(OC)c2)cc1OC. The van der Waals surface area contributed by atoms with E-state index in [0.717, 1.165) is 18.2 Å². The van der Waals surface area contributed by atoms with E-state index in [1.807, 2.05) is 6.92 Å². The van der Waals surface area contributed by atoms with Crippen LogP contribution in [0.25, 0.3) is 0 Å². The second-order valence-corrected chi connectivity index (χ2v) is 7.71. The van der Waals surface area contributed by atoms with Crippen molar-refractivity contribution in [2.24, 2.45) is 5.10 Å². The van der Waals surface area contributed by atoms with Gasteiger partial charge in [0.05, 0.1) is 48.0 Å². The van der Waals surface area contributed by atoms with E-state index in [9.17, 15) is 25.0 Å². The second kappa shape index (κ2) is 12.4. The Bertz CT molecular complexity index is 1410. The van der Waals surface area contributed by atoms with Crippen molar-refractivity contribution >= 4 is 35.1 Å². The van der Waals surface area contributed by atoms with Crippen LogP contribution in [-0.4, -0.2) is 42.8 Å². The summed E-state index contributed by atoms with van der Waals surface area (Å²) in [6.45, 7) is 2.26. The van der Waals surface area contributed by atoms with E-state index in [-0.39, 0.29) is 27.8 Å². The van der Waals surface area contributed by atoms with Crippen molar-refractivity contribution in [2.75, 3.05) is 20.8 Å². The van der Waals surface area contributed by atoms with Crippen molar-refractivity contribution in [3.8, 4) is 28.7 Å². The molecule has 0 aliphatic rings. The highest BCUT2D eigenvalue weighted by atomic mass is 35.5. The maximum Gasteiger partial charge on any atom is 0.318 e. The molecule has 1 N–H and O–H groups in total. The number of rotatable bonds is 11. The molecule has 0 aromatic heterocycles. The number of benzene rings is 3. The number of methoxy groups -OCH3 is 2. The van der Waals surface area contributed by atoms with Gasteiger partial charge in [-0.25, -0.2) is 5.43 Å². The van der Waals surface area contributed by atoms with E-state index >= 15 is 0 Å². The third-order valence-electron chi connectivity index (χ3n) is 4.92. The van der Waals surface area contributed by atoms with Crippen molar-refractivity contribution in [1.82, 2.24) is 5.43 Å². The highest BCUT2D eigenvalue weighted by molar-refractivity contribution is 6.32. The fraction of sp³-hybridized carbons (Fsp3) is 0.167. The largest absolute Gasteiger partial charge is 0.493 e. The van der Waals surface area contributed by atoms with E-state index in [1.165, 1.54) is 38.6 Å². The summed E-state index contributed by atoms with van der Waals surface area (Å²) in [5.41, 5.74) is 1.97. The third kappa shape index (κ3) is 6.44. The maximum atomic E-state index is 12.5. The van der Waals surface area contributed by atoms with Crippen LogP contribution in [-0.2, 0) is 0 Å². The molecule has 38 heavy (non-hydrogen) atoms. The third-order valence-corrected chi connectivity index (χ3v) is 5.20. The Kier molecular flexibility index (Phi) is 9.00. The van der Waals surface area contributed by atoms with Crippen LogP contribution in [0.15, 0.2) is 53.6 Å². The van der Waals surface area contributed by atoms with Gasteiger partial charge in [-0.1, -0.05) is 11.6 Å². The van der Waals surface area contributed by atoms with Crippen LogP contribution >= 0.6 is 11.6 Å². The Morgan fingerprint density at radius 3 is 2.32 bits per heavy atom. The van der Waals surface area contributed by atoms with Gasteiger partial charge >= 0.3 is 5.69 Å². The van der Waals surface area contributed by atoms with Gasteiger partial charge in [0.1, 0.15) is 0 Å². The molecule has 13 nitrogen and oxygen atoms in total. The highest BCUT2D eigenvalue weighted by Crippen LogP contribution is 2.42. The molecule has 3 aromatic rings. The number of non-ortho nitro benzene ring substituents is 1. The molecular weight excluding hydrogens is 524 g/mol. The molecule has 0 unspecified atom stereocenters. The zero-order chi connectivity index (χ0) is 27.8. The Labute approximate surface area is 220 Å². The normalized spacial score (nSPS) is 10.6. The fourth-order valence-electron chi connectivity index (χ4n) is 3.19. The number of hydrogen-bond donors (Lipinski definition) is 1. The number of nitro groups is 2. The lowest BCUT2D eigenvalue weighted by Crippen LogP contribution is -2.17. The minimum Gasteiger partial charge on any atom is -0.493 e. The van der Waals surface area contributed by atoms with Crippen molar-refractivity contribution in [2.45, 2.75) is 6.92 Å². The highest BCUT2D eigenvalue weighted by Gasteiger charge is 2.23. The van der Waals surface area contributed by atoms with Crippen LogP contribution in [0.3, 0.4) is 0 Å². The first-order valence-corrected chi connectivity index (χ1v) is 11.2. The molecule has 0 atom stereocenters. The number of halogens is 1. The summed E-state index contributed by atoms with van der Waals surface area (Å²) in [6.07, 6.45) is 1.30. The molecule has 0 fully saturated rings. The smallest absolute Gasteiger partial charge is 0.318 e. The maximum absolute atomic E-state index is 12.5. The van der Waals surface area contributed by atoms with Gasteiger partial charge in [-0.3, -0.25) is 25.0 Å². The van der Waals surface area contributed by atoms with Gasteiger partial charge in [0.25, 0.3) is 11.6 Å². The lowest BCUT2D eigenvalue weighted by molar-refractivity contribution is -0.394. The van der Waals surface area contributed by atoms with Crippen molar-refractivity contribution in [1.29, 1.82) is 0 Å². The Balaban J connectivity index is 1.80. The average molecular weight is 545 g/mol. The van der Waals surface area contributed by atoms with Crippen molar-refractivity contribution < 1.29 is 33.6 Å². The summed E-state index contributed by atoms with van der Waals surface area (Å²) in [7, 11) is 2.78. The molecule has 14 heteroatoms. The fourth-order valence-corrected chi connectivity index (χ4v) is 3.44. The standard InChI is InChI=1S/C24H21ClN4O9/c1-4-37-20-7-5-15(11-21(20)35-2)24(30)27-26-13-14-9-17(25)23(22(10-14)36-3)38-19-8-6-16(28(31)32)12-18(19)29(33)34/h5-13H,4H2,1-3H3,(H,27,30)/b26-13+. The molecule has 1 amide bonds. The molecule has 0 heterocycles. The van der Waals surface area contributed by atoms with E-state index in [1.54, 1.807) is 12.1 Å². The van der Waals surface area contributed by atoms with E-state index < -0.39 is 27.1 Å². The number of carbonyl (C=O) groups is 1. The molecule has 3 aromatic carbocycles. The minimum absolute atomic E-state index is 0.000951. The van der Waals surface area contributed by atoms with Crippen LogP contribution in [0.4, 0.5) is 11.4 Å². The average Bonchev–Trinajstić information content (AvgIpc) is 2.90. The molecule has 0 radical (unpaired) electrons. The Morgan fingerprint density at radius 2 is 1.68 bits per heavy atom. The number of amides is 1. The number of hydrogen-bond acceptors (Lipinski definition) is 10. The zero-order valence-corrected chi connectivity index (χ0v) is 21.1. The number of carbonyl (C=O) groups excluding carboxylic acids is 1. The number of nitrogens with one attached hydrogen (secondary N) is 1. The van der Waals surface area contributed by atoms with Gasteiger partial charge in [-0.15, -0.1) is 0 Å². The second-order valence-electron chi connectivity index (χ2n) is 7.30.